The van der Waals surface area contributed by atoms with E-state index in [1.54, 1.807) is 6.07 Å². The Bertz CT molecular complexity index is 827. The first-order chi connectivity index (χ1) is 16.5. The summed E-state index contributed by atoms with van der Waals surface area (Å²) in [6.45, 7) is 1.99. The fraction of sp³-hybridized carbons (Fsp3) is 0.704. The van der Waals surface area contributed by atoms with Crippen molar-refractivity contribution in [3.05, 3.63) is 35.4 Å². The number of amides is 2. The van der Waals surface area contributed by atoms with Gasteiger partial charge in [0.25, 0.3) is 5.91 Å². The van der Waals surface area contributed by atoms with Gasteiger partial charge in [-0.25, -0.2) is 0 Å². The molecule has 2 saturated heterocycles. The summed E-state index contributed by atoms with van der Waals surface area (Å²) in [6.07, 6.45) is 9.46. The van der Waals surface area contributed by atoms with E-state index in [-0.39, 0.29) is 24.8 Å². The molecule has 188 valence electrons. The monoisotopic (exact) mass is 471 g/mol. The first-order valence-corrected chi connectivity index (χ1v) is 13.2. The minimum absolute atomic E-state index is 0.0982. The van der Waals surface area contributed by atoms with Crippen LogP contribution in [0.4, 0.5) is 0 Å². The highest BCUT2D eigenvalue weighted by Crippen LogP contribution is 2.43. The molecule has 1 aromatic rings. The van der Waals surface area contributed by atoms with Gasteiger partial charge in [-0.15, -0.1) is 0 Å². The van der Waals surface area contributed by atoms with Crippen molar-refractivity contribution in [2.45, 2.75) is 88.3 Å². The van der Waals surface area contributed by atoms with Crippen LogP contribution in [0.25, 0.3) is 0 Å². The lowest BCUT2D eigenvalue weighted by atomic mass is 9.84. The summed E-state index contributed by atoms with van der Waals surface area (Å²) in [6, 6.07) is 8.73. The van der Waals surface area contributed by atoms with Crippen LogP contribution in [0.15, 0.2) is 24.3 Å². The molecule has 2 amide bonds. The van der Waals surface area contributed by atoms with Crippen LogP contribution < -0.4 is 5.73 Å². The van der Waals surface area contributed by atoms with Crippen molar-refractivity contribution in [2.75, 3.05) is 26.2 Å². The highest BCUT2D eigenvalue weighted by atomic mass is 16.3. The number of primary amides is 1. The number of carbonyl (C=O) groups excluding carboxylic acids is 2. The number of hydrogen-bond donors (Lipinski definition) is 3. The summed E-state index contributed by atoms with van der Waals surface area (Å²) in [7, 11) is 0. The second-order valence-electron chi connectivity index (χ2n) is 10.6. The third-order valence-electron chi connectivity index (χ3n) is 8.36. The maximum Gasteiger partial charge on any atom is 0.251 e. The molecule has 1 aliphatic carbocycles. The quantitative estimate of drug-likeness (QED) is 0.486. The SMILES string of the molecule is NC(=O)c1cccc(C2C[C@H]3CC[C@@H](C2)N3CCN(CC2CCCCC2)C(=O)[C@@H](O)CCO)c1. The molecule has 34 heavy (non-hydrogen) atoms. The molecule has 7 nitrogen and oxygen atoms in total. The fourth-order valence-electron chi connectivity index (χ4n) is 6.52. The van der Waals surface area contributed by atoms with Crippen molar-refractivity contribution in [3.63, 3.8) is 0 Å². The van der Waals surface area contributed by atoms with Gasteiger partial charge in [-0.3, -0.25) is 14.5 Å². The third kappa shape index (κ3) is 5.99. The second kappa shape index (κ2) is 11.6. The van der Waals surface area contributed by atoms with Gasteiger partial charge in [0.2, 0.25) is 5.91 Å². The number of aliphatic hydroxyl groups excluding tert-OH is 2. The highest BCUT2D eigenvalue weighted by molar-refractivity contribution is 5.92. The Kier molecular flexibility index (Phi) is 8.61. The number of aliphatic hydroxyl groups is 2. The molecule has 4 atom stereocenters. The average Bonchev–Trinajstić information content (AvgIpc) is 3.08. The van der Waals surface area contributed by atoms with E-state index in [4.69, 9.17) is 5.73 Å². The standard InChI is InChI=1S/C27H41N3O4/c28-26(33)21-8-4-7-20(15-21)22-16-23-9-10-24(17-22)30(23)13-12-29(27(34)25(32)11-14-31)18-19-5-2-1-3-6-19/h4,7-8,15,19,22-25,31-32H,1-3,5-6,9-14,16-18H2,(H2,28,33)/t22?,23-,24+,25-/m0/s1. The molecule has 4 rings (SSSR count). The van der Waals surface area contributed by atoms with Gasteiger partial charge in [-0.2, -0.15) is 0 Å². The van der Waals surface area contributed by atoms with E-state index in [1.807, 2.05) is 17.0 Å². The molecule has 3 fully saturated rings. The first-order valence-electron chi connectivity index (χ1n) is 13.2. The van der Waals surface area contributed by atoms with E-state index in [0.717, 1.165) is 32.2 Å². The van der Waals surface area contributed by atoms with E-state index in [0.29, 0.717) is 42.6 Å². The largest absolute Gasteiger partial charge is 0.396 e. The Morgan fingerprint density at radius 1 is 1.09 bits per heavy atom. The number of piperidine rings is 1. The topological polar surface area (TPSA) is 107 Å². The lowest BCUT2D eigenvalue weighted by Crippen LogP contribution is -2.49. The highest BCUT2D eigenvalue weighted by Gasteiger charge is 2.41. The predicted molar refractivity (Wildman–Crippen MR) is 131 cm³/mol. The molecule has 0 spiro atoms. The van der Waals surface area contributed by atoms with Crippen molar-refractivity contribution in [1.29, 1.82) is 0 Å². The van der Waals surface area contributed by atoms with Crippen molar-refractivity contribution in [2.24, 2.45) is 11.7 Å². The maximum absolute atomic E-state index is 13.0. The first kappa shape index (κ1) is 25.1. The van der Waals surface area contributed by atoms with Crippen LogP contribution in [0.5, 0.6) is 0 Å². The summed E-state index contributed by atoms with van der Waals surface area (Å²) < 4.78 is 0. The smallest absolute Gasteiger partial charge is 0.251 e. The molecule has 1 aromatic carbocycles. The predicted octanol–water partition coefficient (Wildman–Crippen LogP) is 2.65. The Labute approximate surface area is 203 Å². The molecule has 3 aliphatic rings. The van der Waals surface area contributed by atoms with Crippen LogP contribution in [0.1, 0.15) is 86.0 Å². The van der Waals surface area contributed by atoms with Gasteiger partial charge in [-0.05, 0) is 68.1 Å². The van der Waals surface area contributed by atoms with Crippen LogP contribution in [-0.4, -0.2) is 76.3 Å². The van der Waals surface area contributed by atoms with Gasteiger partial charge in [0, 0.05) is 50.3 Å². The zero-order valence-corrected chi connectivity index (χ0v) is 20.3. The molecule has 1 unspecified atom stereocenters. The number of benzene rings is 1. The van der Waals surface area contributed by atoms with Gasteiger partial charge >= 0.3 is 0 Å². The van der Waals surface area contributed by atoms with Crippen molar-refractivity contribution >= 4 is 11.8 Å². The van der Waals surface area contributed by atoms with E-state index in [2.05, 4.69) is 11.0 Å². The van der Waals surface area contributed by atoms with Gasteiger partial charge < -0.3 is 20.8 Å². The second-order valence-corrected chi connectivity index (χ2v) is 10.6. The van der Waals surface area contributed by atoms with E-state index < -0.39 is 6.10 Å². The van der Waals surface area contributed by atoms with E-state index in [1.165, 1.54) is 37.7 Å². The number of hydrogen-bond acceptors (Lipinski definition) is 5. The molecular weight excluding hydrogens is 430 g/mol. The van der Waals surface area contributed by atoms with Crippen LogP contribution in [0.3, 0.4) is 0 Å². The molecule has 0 aromatic heterocycles. The molecule has 2 aliphatic heterocycles. The van der Waals surface area contributed by atoms with Crippen molar-refractivity contribution in [3.8, 4) is 0 Å². The van der Waals surface area contributed by atoms with Crippen molar-refractivity contribution in [1.82, 2.24) is 9.80 Å². The Hall–Kier alpha value is -1.96. The summed E-state index contributed by atoms with van der Waals surface area (Å²) in [5.74, 6) is 0.330. The van der Waals surface area contributed by atoms with Crippen LogP contribution in [0, 0.1) is 5.92 Å². The zero-order chi connectivity index (χ0) is 24.1. The van der Waals surface area contributed by atoms with Crippen molar-refractivity contribution < 1.29 is 19.8 Å². The summed E-state index contributed by atoms with van der Waals surface area (Å²) in [5.41, 5.74) is 7.27. The van der Waals surface area contributed by atoms with Crippen LogP contribution in [-0.2, 0) is 4.79 Å². The molecule has 1 saturated carbocycles. The molecule has 2 heterocycles. The number of rotatable bonds is 10. The lowest BCUT2D eigenvalue weighted by molar-refractivity contribution is -0.142. The zero-order valence-electron chi connectivity index (χ0n) is 20.3. The maximum atomic E-state index is 13.0. The summed E-state index contributed by atoms with van der Waals surface area (Å²) in [5, 5.41) is 19.5. The number of nitrogens with zero attached hydrogens (tertiary/aromatic N) is 2. The average molecular weight is 472 g/mol. The number of fused-ring (bicyclic) bond motifs is 2. The minimum Gasteiger partial charge on any atom is -0.396 e. The van der Waals surface area contributed by atoms with Crippen LogP contribution >= 0.6 is 0 Å². The van der Waals surface area contributed by atoms with Gasteiger partial charge in [0.1, 0.15) is 6.10 Å². The Balaban J connectivity index is 1.38. The number of nitrogens with two attached hydrogens (primary N) is 1. The molecule has 2 bridgehead atoms. The summed E-state index contributed by atoms with van der Waals surface area (Å²) in [4.78, 5) is 29.1. The van der Waals surface area contributed by atoms with Crippen LogP contribution in [0.2, 0.25) is 0 Å². The Morgan fingerprint density at radius 2 is 1.79 bits per heavy atom. The fourth-order valence-corrected chi connectivity index (χ4v) is 6.52. The van der Waals surface area contributed by atoms with Gasteiger partial charge in [0.05, 0.1) is 0 Å². The van der Waals surface area contributed by atoms with Gasteiger partial charge in [0.15, 0.2) is 0 Å². The number of carbonyl (C=O) groups is 2. The molecule has 7 heteroatoms. The molecule has 0 radical (unpaired) electrons. The molecule has 4 N–H and O–H groups in total. The third-order valence-corrected chi connectivity index (χ3v) is 8.36. The van der Waals surface area contributed by atoms with E-state index >= 15 is 0 Å². The molecular formula is C27H41N3O4. The lowest BCUT2D eigenvalue weighted by Gasteiger charge is -2.41. The minimum atomic E-state index is -1.12. The summed E-state index contributed by atoms with van der Waals surface area (Å²) >= 11 is 0. The van der Waals surface area contributed by atoms with Gasteiger partial charge in [-0.1, -0.05) is 31.4 Å². The normalized spacial score (nSPS) is 26.4. The van der Waals surface area contributed by atoms with E-state index in [9.17, 15) is 19.8 Å². The Morgan fingerprint density at radius 3 is 2.44 bits per heavy atom.